The molecule has 0 unspecified atom stereocenters. The normalized spacial score (nSPS) is 11.3. The van der Waals surface area contributed by atoms with Gasteiger partial charge in [-0.2, -0.15) is 5.26 Å². The fraction of sp³-hybridized carbons (Fsp3) is 0.286. The Morgan fingerprint density at radius 2 is 1.79 bits per heavy atom. The van der Waals surface area contributed by atoms with Crippen molar-refractivity contribution in [2.45, 2.75) is 26.2 Å². The van der Waals surface area contributed by atoms with Crippen molar-refractivity contribution >= 4 is 5.82 Å². The highest BCUT2D eigenvalue weighted by molar-refractivity contribution is 5.71. The molecular weight excluding hydrogens is 238 g/mol. The Kier molecular flexibility index (Phi) is 2.95. The van der Waals surface area contributed by atoms with E-state index >= 15 is 0 Å². The Labute approximate surface area is 112 Å². The zero-order valence-electron chi connectivity index (χ0n) is 11.3. The molecule has 4 N–H and O–H groups in total. The van der Waals surface area contributed by atoms with E-state index in [2.05, 4.69) is 11.1 Å². The molecule has 2 rings (SSSR count). The number of nitrogens with zero attached hydrogens (tertiary/aromatic N) is 3. The van der Waals surface area contributed by atoms with E-state index < -0.39 is 0 Å². The molecule has 0 spiro atoms. The lowest BCUT2D eigenvalue weighted by Gasteiger charge is -2.17. The molecule has 1 aromatic carbocycles. The standard InChI is InChI=1S/C14H17N5/c1-14(2,3)13-18-11(12(16)19(13)17)10-6-4-9(8-15)5-7-10/h4-7H,16-17H2,1-3H3. The summed E-state index contributed by atoms with van der Waals surface area (Å²) in [4.78, 5) is 4.54. The van der Waals surface area contributed by atoms with Crippen LogP contribution in [-0.2, 0) is 5.41 Å². The molecule has 19 heavy (non-hydrogen) atoms. The van der Waals surface area contributed by atoms with Crippen molar-refractivity contribution in [2.75, 3.05) is 11.6 Å². The Balaban J connectivity index is 2.54. The minimum absolute atomic E-state index is 0.187. The SMILES string of the molecule is CC(C)(C)c1nc(-c2ccc(C#N)cc2)c(N)n1N. The Hall–Kier alpha value is -2.48. The summed E-state index contributed by atoms with van der Waals surface area (Å²) in [5, 5.41) is 8.79. The maximum Gasteiger partial charge on any atom is 0.150 e. The molecule has 5 nitrogen and oxygen atoms in total. The van der Waals surface area contributed by atoms with Crippen LogP contribution >= 0.6 is 0 Å². The summed E-state index contributed by atoms with van der Waals surface area (Å²) in [6.45, 7) is 6.09. The van der Waals surface area contributed by atoms with Crippen molar-refractivity contribution in [3.8, 4) is 17.3 Å². The van der Waals surface area contributed by atoms with Crippen LogP contribution in [0.3, 0.4) is 0 Å². The number of nitrogen functional groups attached to an aromatic ring is 2. The van der Waals surface area contributed by atoms with E-state index in [9.17, 15) is 0 Å². The van der Waals surface area contributed by atoms with Gasteiger partial charge in [-0.1, -0.05) is 32.9 Å². The van der Waals surface area contributed by atoms with Gasteiger partial charge in [0.1, 0.15) is 11.5 Å². The van der Waals surface area contributed by atoms with Crippen molar-refractivity contribution in [2.24, 2.45) is 0 Å². The van der Waals surface area contributed by atoms with Gasteiger partial charge in [-0.25, -0.2) is 9.66 Å². The molecule has 0 saturated heterocycles. The van der Waals surface area contributed by atoms with Crippen LogP contribution in [0.1, 0.15) is 32.2 Å². The van der Waals surface area contributed by atoms with Gasteiger partial charge in [-0.3, -0.25) is 0 Å². The third kappa shape index (κ3) is 2.25. The molecule has 0 atom stereocenters. The van der Waals surface area contributed by atoms with E-state index in [4.69, 9.17) is 16.8 Å². The molecule has 2 aromatic rings. The second-order valence-electron chi connectivity index (χ2n) is 5.48. The Bertz CT molecular complexity index is 638. The topological polar surface area (TPSA) is 93.6 Å². The number of imidazole rings is 1. The highest BCUT2D eigenvalue weighted by atomic mass is 15.4. The van der Waals surface area contributed by atoms with Gasteiger partial charge in [0.15, 0.2) is 5.82 Å². The maximum atomic E-state index is 8.79. The zero-order chi connectivity index (χ0) is 14.2. The molecule has 1 aromatic heterocycles. The smallest absolute Gasteiger partial charge is 0.150 e. The molecule has 0 bridgehead atoms. The number of aromatic nitrogens is 2. The number of nitriles is 1. The second kappa shape index (κ2) is 4.32. The van der Waals surface area contributed by atoms with Gasteiger partial charge < -0.3 is 11.6 Å². The summed E-state index contributed by atoms with van der Waals surface area (Å²) < 4.78 is 1.42. The van der Waals surface area contributed by atoms with Gasteiger partial charge in [0.2, 0.25) is 0 Å². The van der Waals surface area contributed by atoms with Crippen molar-refractivity contribution < 1.29 is 0 Å². The van der Waals surface area contributed by atoms with Crippen LogP contribution in [0.2, 0.25) is 0 Å². The maximum absolute atomic E-state index is 8.79. The lowest BCUT2D eigenvalue weighted by molar-refractivity contribution is 0.532. The number of nitrogens with two attached hydrogens (primary N) is 2. The van der Waals surface area contributed by atoms with Crippen LogP contribution in [0, 0.1) is 11.3 Å². The van der Waals surface area contributed by atoms with Crippen LogP contribution < -0.4 is 11.6 Å². The summed E-state index contributed by atoms with van der Waals surface area (Å²) in [7, 11) is 0. The van der Waals surface area contributed by atoms with Crippen LogP contribution in [0.5, 0.6) is 0 Å². The molecule has 1 heterocycles. The highest BCUT2D eigenvalue weighted by Gasteiger charge is 2.24. The van der Waals surface area contributed by atoms with Crippen LogP contribution in [-0.4, -0.2) is 9.66 Å². The number of rotatable bonds is 1. The van der Waals surface area contributed by atoms with Gasteiger partial charge >= 0.3 is 0 Å². The molecule has 0 aliphatic carbocycles. The van der Waals surface area contributed by atoms with Gasteiger partial charge in [-0.15, -0.1) is 0 Å². The largest absolute Gasteiger partial charge is 0.382 e. The molecule has 0 amide bonds. The Morgan fingerprint density at radius 3 is 2.21 bits per heavy atom. The number of benzene rings is 1. The summed E-state index contributed by atoms with van der Waals surface area (Å²) >= 11 is 0. The van der Waals surface area contributed by atoms with Gasteiger partial charge in [-0.05, 0) is 12.1 Å². The number of anilines is 1. The van der Waals surface area contributed by atoms with E-state index in [1.54, 1.807) is 12.1 Å². The second-order valence-corrected chi connectivity index (χ2v) is 5.48. The molecule has 0 fully saturated rings. The predicted octanol–water partition coefficient (Wildman–Crippen LogP) is 2.02. The number of hydrogen-bond donors (Lipinski definition) is 2. The first-order valence-electron chi connectivity index (χ1n) is 5.99. The average Bonchev–Trinajstić information content (AvgIpc) is 2.66. The lowest BCUT2D eigenvalue weighted by atomic mass is 9.96. The first kappa shape index (κ1) is 13.0. The first-order valence-corrected chi connectivity index (χ1v) is 5.99. The minimum Gasteiger partial charge on any atom is -0.382 e. The molecule has 0 saturated carbocycles. The van der Waals surface area contributed by atoms with Crippen molar-refractivity contribution in [1.29, 1.82) is 5.26 Å². The highest BCUT2D eigenvalue weighted by Crippen LogP contribution is 2.30. The predicted molar refractivity (Wildman–Crippen MR) is 75.6 cm³/mol. The summed E-state index contributed by atoms with van der Waals surface area (Å²) in [5.74, 6) is 7.11. The quantitative estimate of drug-likeness (QED) is 0.762. The van der Waals surface area contributed by atoms with Crippen LogP contribution in [0.4, 0.5) is 5.82 Å². The number of hydrogen-bond acceptors (Lipinski definition) is 4. The molecule has 5 heteroatoms. The zero-order valence-corrected chi connectivity index (χ0v) is 11.3. The first-order chi connectivity index (χ1) is 8.84. The fourth-order valence-corrected chi connectivity index (χ4v) is 1.89. The van der Waals surface area contributed by atoms with E-state index in [-0.39, 0.29) is 5.41 Å². The van der Waals surface area contributed by atoms with E-state index in [1.165, 1.54) is 4.68 Å². The fourth-order valence-electron chi connectivity index (χ4n) is 1.89. The van der Waals surface area contributed by atoms with Crippen LogP contribution in [0.25, 0.3) is 11.3 Å². The molecular formula is C14H17N5. The van der Waals surface area contributed by atoms with Gasteiger partial charge in [0.05, 0.1) is 11.6 Å². The van der Waals surface area contributed by atoms with Crippen molar-refractivity contribution in [3.63, 3.8) is 0 Å². The monoisotopic (exact) mass is 255 g/mol. The summed E-state index contributed by atoms with van der Waals surface area (Å²) in [6.07, 6.45) is 0. The molecule has 98 valence electrons. The molecule has 0 radical (unpaired) electrons. The lowest BCUT2D eigenvalue weighted by Crippen LogP contribution is -2.24. The van der Waals surface area contributed by atoms with Crippen molar-refractivity contribution in [3.05, 3.63) is 35.7 Å². The Morgan fingerprint density at radius 1 is 1.21 bits per heavy atom. The summed E-state index contributed by atoms with van der Waals surface area (Å²) in [6, 6.07) is 9.20. The average molecular weight is 255 g/mol. The summed E-state index contributed by atoms with van der Waals surface area (Å²) in [5.41, 5.74) is 7.93. The minimum atomic E-state index is -0.187. The molecule has 0 aliphatic rings. The van der Waals surface area contributed by atoms with E-state index in [1.807, 2.05) is 32.9 Å². The van der Waals surface area contributed by atoms with E-state index in [0.29, 0.717) is 17.1 Å². The third-order valence-electron chi connectivity index (χ3n) is 2.91. The van der Waals surface area contributed by atoms with E-state index in [0.717, 1.165) is 11.4 Å². The third-order valence-corrected chi connectivity index (χ3v) is 2.91. The van der Waals surface area contributed by atoms with Gasteiger partial charge in [0, 0.05) is 11.0 Å². The molecule has 0 aliphatic heterocycles. The van der Waals surface area contributed by atoms with Crippen molar-refractivity contribution in [1.82, 2.24) is 9.66 Å². The van der Waals surface area contributed by atoms with Gasteiger partial charge in [0.25, 0.3) is 0 Å². The van der Waals surface area contributed by atoms with Crippen LogP contribution in [0.15, 0.2) is 24.3 Å².